The number of aliphatic hydroxyl groups excluding tert-OH is 1. The van der Waals surface area contributed by atoms with E-state index < -0.39 is 0 Å². The van der Waals surface area contributed by atoms with Gasteiger partial charge in [0.15, 0.2) is 0 Å². The summed E-state index contributed by atoms with van der Waals surface area (Å²) in [5.41, 5.74) is 0.466. The van der Waals surface area contributed by atoms with E-state index in [0.717, 1.165) is 12.8 Å². The number of carbonyl (C=O) groups is 1. The van der Waals surface area contributed by atoms with Crippen LogP contribution in [-0.2, 0) is 0 Å². The molecule has 1 saturated carbocycles. The summed E-state index contributed by atoms with van der Waals surface area (Å²) >= 11 is 0. The molecule has 1 amide bonds. The molecule has 1 fully saturated rings. The minimum Gasteiger partial charge on any atom is -0.396 e. The van der Waals surface area contributed by atoms with E-state index in [1.165, 1.54) is 0 Å². The van der Waals surface area contributed by atoms with E-state index in [4.69, 9.17) is 0 Å². The van der Waals surface area contributed by atoms with Crippen LogP contribution in [0.1, 0.15) is 37.0 Å². The van der Waals surface area contributed by atoms with Gasteiger partial charge in [-0.3, -0.25) is 4.79 Å². The Balaban J connectivity index is 2.02. The molecule has 3 N–H and O–H groups in total. The van der Waals surface area contributed by atoms with Crippen molar-refractivity contribution in [3.8, 4) is 0 Å². The van der Waals surface area contributed by atoms with E-state index in [1.807, 2.05) is 13.8 Å². The smallest absolute Gasteiger partial charge is 0.255 e. The Labute approximate surface area is 113 Å². The number of pyridine rings is 1. The number of rotatable bonds is 6. The molecule has 104 valence electrons. The van der Waals surface area contributed by atoms with Crippen LogP contribution in [-0.4, -0.2) is 35.2 Å². The zero-order valence-electron chi connectivity index (χ0n) is 11.4. The fourth-order valence-corrected chi connectivity index (χ4v) is 1.91. The van der Waals surface area contributed by atoms with Crippen LogP contribution in [0.2, 0.25) is 0 Å². The van der Waals surface area contributed by atoms with Gasteiger partial charge in [-0.1, -0.05) is 0 Å². The predicted molar refractivity (Wildman–Crippen MR) is 74.1 cm³/mol. The number of hydrogen-bond acceptors (Lipinski definition) is 4. The summed E-state index contributed by atoms with van der Waals surface area (Å²) in [6, 6.07) is 3.72. The maximum atomic E-state index is 12.2. The molecule has 0 unspecified atom stereocenters. The molecule has 1 heterocycles. The van der Waals surface area contributed by atoms with Gasteiger partial charge in [-0.05, 0) is 38.8 Å². The van der Waals surface area contributed by atoms with Crippen LogP contribution < -0.4 is 10.6 Å². The molecule has 0 saturated heterocycles. The van der Waals surface area contributed by atoms with Gasteiger partial charge in [0, 0.05) is 24.2 Å². The number of amides is 1. The molecule has 0 spiro atoms. The Kier molecular flexibility index (Phi) is 4.04. The molecule has 0 aliphatic heterocycles. The Morgan fingerprint density at radius 2 is 2.26 bits per heavy atom. The highest BCUT2D eigenvalue weighted by atomic mass is 16.3. The topological polar surface area (TPSA) is 74.2 Å². The van der Waals surface area contributed by atoms with Gasteiger partial charge in [0.1, 0.15) is 5.82 Å². The van der Waals surface area contributed by atoms with Crippen LogP contribution in [0.4, 0.5) is 5.82 Å². The molecule has 5 heteroatoms. The van der Waals surface area contributed by atoms with Crippen LogP contribution in [0.3, 0.4) is 0 Å². The third-order valence-corrected chi connectivity index (χ3v) is 3.39. The Bertz CT molecular complexity index is 456. The summed E-state index contributed by atoms with van der Waals surface area (Å²) in [7, 11) is 0. The van der Waals surface area contributed by atoms with Crippen molar-refractivity contribution in [3.63, 3.8) is 0 Å². The fourth-order valence-electron chi connectivity index (χ4n) is 1.91. The molecule has 19 heavy (non-hydrogen) atoms. The number of carbonyl (C=O) groups excluding carboxylic acids is 1. The minimum absolute atomic E-state index is 0.0799. The van der Waals surface area contributed by atoms with Crippen LogP contribution >= 0.6 is 0 Å². The number of anilines is 1. The van der Waals surface area contributed by atoms with Gasteiger partial charge in [0.25, 0.3) is 5.91 Å². The standard InChI is InChI=1S/C14H21N3O2/c1-10(2)17-12-11(4-3-7-15-12)13(19)16-8-14(9-18)5-6-14/h3-4,7,10,18H,5-6,8-9H2,1-2H3,(H,15,17)(H,16,19). The van der Waals surface area contributed by atoms with Gasteiger partial charge in [-0.25, -0.2) is 4.98 Å². The van der Waals surface area contributed by atoms with E-state index in [2.05, 4.69) is 15.6 Å². The fraction of sp³-hybridized carbons (Fsp3) is 0.571. The Morgan fingerprint density at radius 1 is 1.53 bits per heavy atom. The van der Waals surface area contributed by atoms with Crippen molar-refractivity contribution >= 4 is 11.7 Å². The molecule has 0 aromatic carbocycles. The van der Waals surface area contributed by atoms with Gasteiger partial charge >= 0.3 is 0 Å². The first kappa shape index (κ1) is 13.8. The van der Waals surface area contributed by atoms with Gasteiger partial charge in [0.05, 0.1) is 12.2 Å². The molecular formula is C14H21N3O2. The highest BCUT2D eigenvalue weighted by Gasteiger charge is 2.42. The third-order valence-electron chi connectivity index (χ3n) is 3.39. The van der Waals surface area contributed by atoms with Gasteiger partial charge in [-0.15, -0.1) is 0 Å². The zero-order valence-corrected chi connectivity index (χ0v) is 11.4. The highest BCUT2D eigenvalue weighted by Crippen LogP contribution is 2.44. The maximum Gasteiger partial charge on any atom is 0.255 e. The van der Waals surface area contributed by atoms with Crippen LogP contribution in [0.15, 0.2) is 18.3 Å². The minimum atomic E-state index is -0.143. The SMILES string of the molecule is CC(C)Nc1ncccc1C(=O)NCC1(CO)CC1. The van der Waals surface area contributed by atoms with Crippen molar-refractivity contribution < 1.29 is 9.90 Å². The lowest BCUT2D eigenvalue weighted by Crippen LogP contribution is -2.32. The van der Waals surface area contributed by atoms with Gasteiger partial charge in [-0.2, -0.15) is 0 Å². The molecule has 1 aromatic rings. The Hall–Kier alpha value is -1.62. The lowest BCUT2D eigenvalue weighted by atomic mass is 10.1. The second-order valence-electron chi connectivity index (χ2n) is 5.54. The molecule has 5 nitrogen and oxygen atoms in total. The van der Waals surface area contributed by atoms with Crippen molar-refractivity contribution in [1.29, 1.82) is 0 Å². The molecule has 1 aromatic heterocycles. The van der Waals surface area contributed by atoms with E-state index >= 15 is 0 Å². The van der Waals surface area contributed by atoms with E-state index in [-0.39, 0.29) is 24.0 Å². The molecule has 2 rings (SSSR count). The third kappa shape index (κ3) is 3.44. The van der Waals surface area contributed by atoms with Crippen molar-refractivity contribution in [2.75, 3.05) is 18.5 Å². The highest BCUT2D eigenvalue weighted by molar-refractivity contribution is 5.98. The molecule has 1 aliphatic carbocycles. The van der Waals surface area contributed by atoms with Crippen LogP contribution in [0.5, 0.6) is 0 Å². The average molecular weight is 263 g/mol. The summed E-state index contributed by atoms with van der Waals surface area (Å²) in [4.78, 5) is 16.4. The number of aromatic nitrogens is 1. The first-order chi connectivity index (χ1) is 9.06. The summed E-state index contributed by atoms with van der Waals surface area (Å²) in [6.07, 6.45) is 3.62. The Morgan fingerprint density at radius 3 is 2.84 bits per heavy atom. The summed E-state index contributed by atoms with van der Waals surface area (Å²) in [5.74, 6) is 0.458. The first-order valence-corrected chi connectivity index (χ1v) is 6.67. The number of aliphatic hydroxyl groups is 1. The monoisotopic (exact) mass is 263 g/mol. The molecule has 0 bridgehead atoms. The second kappa shape index (κ2) is 5.57. The lowest BCUT2D eigenvalue weighted by Gasteiger charge is -2.15. The summed E-state index contributed by atoms with van der Waals surface area (Å²) in [6.45, 7) is 4.67. The van der Waals surface area contributed by atoms with Crippen LogP contribution in [0, 0.1) is 5.41 Å². The normalized spacial score (nSPS) is 16.2. The van der Waals surface area contributed by atoms with Gasteiger partial charge < -0.3 is 15.7 Å². The quantitative estimate of drug-likeness (QED) is 0.725. The predicted octanol–water partition coefficient (Wildman–Crippen LogP) is 1.40. The molecule has 0 atom stereocenters. The van der Waals surface area contributed by atoms with Crippen molar-refractivity contribution in [3.05, 3.63) is 23.9 Å². The van der Waals surface area contributed by atoms with Crippen molar-refractivity contribution in [2.45, 2.75) is 32.7 Å². The number of nitrogens with one attached hydrogen (secondary N) is 2. The summed E-state index contributed by atoms with van der Waals surface area (Å²) < 4.78 is 0. The van der Waals surface area contributed by atoms with E-state index in [9.17, 15) is 9.90 Å². The zero-order chi connectivity index (χ0) is 13.9. The number of nitrogens with zero attached hydrogens (tertiary/aromatic N) is 1. The number of hydrogen-bond donors (Lipinski definition) is 3. The van der Waals surface area contributed by atoms with E-state index in [1.54, 1.807) is 18.3 Å². The van der Waals surface area contributed by atoms with Crippen LogP contribution in [0.25, 0.3) is 0 Å². The second-order valence-corrected chi connectivity index (χ2v) is 5.54. The van der Waals surface area contributed by atoms with E-state index in [0.29, 0.717) is 17.9 Å². The largest absolute Gasteiger partial charge is 0.396 e. The van der Waals surface area contributed by atoms with Crippen molar-refractivity contribution in [1.82, 2.24) is 10.3 Å². The van der Waals surface area contributed by atoms with Crippen molar-refractivity contribution in [2.24, 2.45) is 5.41 Å². The van der Waals surface area contributed by atoms with Gasteiger partial charge in [0.2, 0.25) is 0 Å². The average Bonchev–Trinajstić information content (AvgIpc) is 3.17. The lowest BCUT2D eigenvalue weighted by molar-refractivity contribution is 0.0935. The first-order valence-electron chi connectivity index (χ1n) is 6.67. The maximum absolute atomic E-state index is 12.2. The summed E-state index contributed by atoms with van der Waals surface area (Å²) in [5, 5.41) is 15.3. The molecular weight excluding hydrogens is 242 g/mol. The molecule has 0 radical (unpaired) electrons. The molecule has 1 aliphatic rings.